The van der Waals surface area contributed by atoms with Crippen molar-refractivity contribution in [1.82, 2.24) is 0 Å². The number of hydrogen-bond donors (Lipinski definition) is 0. The van der Waals surface area contributed by atoms with Crippen molar-refractivity contribution >= 4 is 11.9 Å². The summed E-state index contributed by atoms with van der Waals surface area (Å²) in [4.78, 5) is 26.7. The number of ether oxygens (including phenoxy) is 2. The molecule has 4 nitrogen and oxygen atoms in total. The molecule has 4 fully saturated rings. The first-order chi connectivity index (χ1) is 21.6. The molecule has 0 amide bonds. The number of fused-ring (bicyclic) bond motifs is 5. The van der Waals surface area contributed by atoms with Crippen LogP contribution in [0.3, 0.4) is 0 Å². The third-order valence-electron chi connectivity index (χ3n) is 13.4. The maximum atomic E-state index is 13.4. The van der Waals surface area contributed by atoms with E-state index in [2.05, 4.69) is 34.6 Å². The Labute approximate surface area is 272 Å². The van der Waals surface area contributed by atoms with Crippen LogP contribution in [0.5, 0.6) is 0 Å². The lowest BCUT2D eigenvalue weighted by molar-refractivity contribution is -0.163. The highest BCUT2D eigenvalue weighted by atomic mass is 16.6. The van der Waals surface area contributed by atoms with E-state index in [0.29, 0.717) is 28.4 Å². The Bertz CT molecular complexity index is 1310. The van der Waals surface area contributed by atoms with E-state index in [4.69, 9.17) is 9.47 Å². The fraction of sp³-hybridized carbons (Fsp3) is 0.659. The van der Waals surface area contributed by atoms with Crippen molar-refractivity contribution in [2.24, 2.45) is 52.3 Å². The van der Waals surface area contributed by atoms with Gasteiger partial charge in [0.2, 0.25) is 0 Å². The molecule has 0 saturated heterocycles. The van der Waals surface area contributed by atoms with E-state index in [1.807, 2.05) is 36.4 Å². The molecule has 0 heterocycles. The molecule has 2 aromatic rings. The Morgan fingerprint density at radius 2 is 1.33 bits per heavy atom. The fourth-order valence-electron chi connectivity index (χ4n) is 11.1. The van der Waals surface area contributed by atoms with Gasteiger partial charge < -0.3 is 9.47 Å². The molecule has 0 spiro atoms. The maximum absolute atomic E-state index is 13.4. The summed E-state index contributed by atoms with van der Waals surface area (Å²) in [5.74, 6) is 4.43. The average molecular weight is 613 g/mol. The number of rotatable bonds is 9. The summed E-state index contributed by atoms with van der Waals surface area (Å²) in [6.07, 6.45) is 12.6. The van der Waals surface area contributed by atoms with Crippen LogP contribution in [-0.2, 0) is 9.47 Å². The highest BCUT2D eigenvalue weighted by Crippen LogP contribution is 2.68. The molecule has 4 saturated carbocycles. The molecule has 0 aromatic heterocycles. The van der Waals surface area contributed by atoms with Gasteiger partial charge >= 0.3 is 11.9 Å². The van der Waals surface area contributed by atoms with E-state index in [-0.39, 0.29) is 17.4 Å². The van der Waals surface area contributed by atoms with Gasteiger partial charge in [-0.2, -0.15) is 0 Å². The lowest BCUT2D eigenvalue weighted by atomic mass is 9.44. The third-order valence-corrected chi connectivity index (χ3v) is 13.4. The SMILES string of the molecule is CC(C)CCC[C@@H](C)[C@@H]1CC[C@@H]2[C@@H]3CC[C@H]4C[C@H](OC(=O)c5ccccc5)[C@H](OC(=O)c5ccccc5)C[C@]4(C)[C@H]3CC[C@@]21C. The Morgan fingerprint density at radius 1 is 0.733 bits per heavy atom. The Balaban J connectivity index is 1.21. The van der Waals surface area contributed by atoms with Crippen LogP contribution in [0.25, 0.3) is 0 Å². The molecule has 0 aliphatic heterocycles. The molecule has 244 valence electrons. The standard InChI is InChI=1S/C41H56O4/c1-27(2)13-12-14-28(3)33-21-22-34-32-20-19-31-25-36(44-38(42)29-15-8-6-9-16-29)37(45-39(43)30-17-10-7-11-18-30)26-41(31,5)35(32)23-24-40(33,34)4/h6-11,15-18,27-28,31-37H,12-14,19-26H2,1-5H3/t28-,31+,32+,33+,34-,35+,36+,37-,40-,41+/m1/s1. The van der Waals surface area contributed by atoms with Gasteiger partial charge in [-0.3, -0.25) is 0 Å². The van der Waals surface area contributed by atoms with Crippen LogP contribution in [0.1, 0.15) is 126 Å². The van der Waals surface area contributed by atoms with Crippen LogP contribution in [0.15, 0.2) is 60.7 Å². The lowest BCUT2D eigenvalue weighted by Crippen LogP contribution is -2.58. The molecule has 0 radical (unpaired) electrons. The van der Waals surface area contributed by atoms with E-state index in [9.17, 15) is 9.59 Å². The molecule has 45 heavy (non-hydrogen) atoms. The summed E-state index contributed by atoms with van der Waals surface area (Å²) in [6, 6.07) is 18.5. The first kappa shape index (κ1) is 32.3. The molecule has 0 unspecified atom stereocenters. The fourth-order valence-corrected chi connectivity index (χ4v) is 11.1. The van der Waals surface area contributed by atoms with Gasteiger partial charge in [-0.1, -0.05) is 90.3 Å². The summed E-state index contributed by atoms with van der Waals surface area (Å²) in [5, 5.41) is 0. The Hall–Kier alpha value is -2.62. The van der Waals surface area contributed by atoms with Crippen LogP contribution in [0.4, 0.5) is 0 Å². The van der Waals surface area contributed by atoms with Crippen molar-refractivity contribution in [2.45, 2.75) is 117 Å². The molecule has 0 bridgehead atoms. The van der Waals surface area contributed by atoms with Crippen molar-refractivity contribution in [3.05, 3.63) is 71.8 Å². The molecule has 2 aromatic carbocycles. The van der Waals surface area contributed by atoms with Crippen molar-refractivity contribution in [1.29, 1.82) is 0 Å². The van der Waals surface area contributed by atoms with Gasteiger partial charge in [0.05, 0.1) is 11.1 Å². The summed E-state index contributed by atoms with van der Waals surface area (Å²) in [6.45, 7) is 12.4. The van der Waals surface area contributed by atoms with Crippen molar-refractivity contribution < 1.29 is 19.1 Å². The zero-order chi connectivity index (χ0) is 31.8. The second kappa shape index (κ2) is 13.2. The van der Waals surface area contributed by atoms with E-state index in [1.165, 1.54) is 57.8 Å². The van der Waals surface area contributed by atoms with Gasteiger partial charge in [0.15, 0.2) is 0 Å². The van der Waals surface area contributed by atoms with Gasteiger partial charge in [0.25, 0.3) is 0 Å². The van der Waals surface area contributed by atoms with Gasteiger partial charge in [0.1, 0.15) is 12.2 Å². The molecule has 10 atom stereocenters. The van der Waals surface area contributed by atoms with Gasteiger partial charge in [-0.15, -0.1) is 0 Å². The summed E-state index contributed by atoms with van der Waals surface area (Å²) in [5.41, 5.74) is 1.61. The van der Waals surface area contributed by atoms with Crippen molar-refractivity contribution in [3.8, 4) is 0 Å². The van der Waals surface area contributed by atoms with Gasteiger partial charge in [0, 0.05) is 0 Å². The number of benzene rings is 2. The molecular weight excluding hydrogens is 556 g/mol. The zero-order valence-electron chi connectivity index (χ0n) is 28.4. The highest BCUT2D eigenvalue weighted by Gasteiger charge is 2.62. The van der Waals surface area contributed by atoms with Crippen LogP contribution >= 0.6 is 0 Å². The van der Waals surface area contributed by atoms with Crippen LogP contribution in [0.2, 0.25) is 0 Å². The van der Waals surface area contributed by atoms with Crippen molar-refractivity contribution in [2.75, 3.05) is 0 Å². The normalized spacial score (nSPS) is 36.4. The van der Waals surface area contributed by atoms with Gasteiger partial charge in [-0.25, -0.2) is 9.59 Å². The highest BCUT2D eigenvalue weighted by molar-refractivity contribution is 5.90. The van der Waals surface area contributed by atoms with E-state index in [0.717, 1.165) is 42.4 Å². The molecule has 4 heteroatoms. The number of carbonyl (C=O) groups is 2. The molecule has 6 rings (SSSR count). The predicted octanol–water partition coefficient (Wildman–Crippen LogP) is 10.2. The van der Waals surface area contributed by atoms with Crippen LogP contribution in [0, 0.1) is 52.3 Å². The molecular formula is C41H56O4. The third kappa shape index (κ3) is 6.37. The predicted molar refractivity (Wildman–Crippen MR) is 180 cm³/mol. The topological polar surface area (TPSA) is 52.6 Å². The first-order valence-electron chi connectivity index (χ1n) is 18.1. The minimum Gasteiger partial charge on any atom is -0.455 e. The Morgan fingerprint density at radius 3 is 1.96 bits per heavy atom. The number of hydrogen-bond acceptors (Lipinski definition) is 4. The number of esters is 2. The van der Waals surface area contributed by atoms with Crippen molar-refractivity contribution in [3.63, 3.8) is 0 Å². The second-order valence-corrected chi connectivity index (χ2v) is 16.2. The molecule has 0 N–H and O–H groups in total. The molecule has 4 aliphatic carbocycles. The largest absolute Gasteiger partial charge is 0.455 e. The minimum atomic E-state index is -0.448. The first-order valence-corrected chi connectivity index (χ1v) is 18.1. The van der Waals surface area contributed by atoms with Gasteiger partial charge in [-0.05, 0) is 128 Å². The molecule has 4 aliphatic rings. The maximum Gasteiger partial charge on any atom is 0.338 e. The average Bonchev–Trinajstić information content (AvgIpc) is 3.39. The summed E-state index contributed by atoms with van der Waals surface area (Å²) >= 11 is 0. The van der Waals surface area contributed by atoms with Crippen LogP contribution in [-0.4, -0.2) is 24.1 Å². The van der Waals surface area contributed by atoms with Crippen LogP contribution < -0.4 is 0 Å². The van der Waals surface area contributed by atoms with E-state index in [1.54, 1.807) is 24.3 Å². The minimum absolute atomic E-state index is 0.0719. The second-order valence-electron chi connectivity index (χ2n) is 16.2. The quantitative estimate of drug-likeness (QED) is 0.264. The monoisotopic (exact) mass is 612 g/mol. The summed E-state index contributed by atoms with van der Waals surface area (Å²) in [7, 11) is 0. The van der Waals surface area contributed by atoms with E-state index < -0.39 is 12.2 Å². The summed E-state index contributed by atoms with van der Waals surface area (Å²) < 4.78 is 12.5. The zero-order valence-corrected chi connectivity index (χ0v) is 28.4. The lowest BCUT2D eigenvalue weighted by Gasteiger charge is -2.62. The number of carbonyl (C=O) groups excluding carboxylic acids is 2. The van der Waals surface area contributed by atoms with E-state index >= 15 is 0 Å². The Kier molecular flexibility index (Phi) is 9.51. The smallest absolute Gasteiger partial charge is 0.338 e.